The summed E-state index contributed by atoms with van der Waals surface area (Å²) < 4.78 is 5.23. The first-order valence-corrected chi connectivity index (χ1v) is 5.48. The van der Waals surface area contributed by atoms with Crippen molar-refractivity contribution in [2.45, 2.75) is 11.2 Å². The molecular weight excluding hydrogens is 236 g/mol. The molecule has 5 heteroatoms. The Balaban J connectivity index is 1.96. The van der Waals surface area contributed by atoms with Gasteiger partial charge in [0.25, 0.3) is 5.91 Å². The number of alkyl halides is 1. The Labute approximate surface area is 85.9 Å². The minimum atomic E-state index is 0.0235. The number of hydrogen-bond acceptors (Lipinski definition) is 3. The van der Waals surface area contributed by atoms with Crippen molar-refractivity contribution in [1.82, 2.24) is 10.0 Å². The lowest BCUT2D eigenvalue weighted by atomic mass is 10.4. The van der Waals surface area contributed by atoms with Crippen molar-refractivity contribution < 1.29 is 9.53 Å². The molecule has 4 nitrogen and oxygen atoms in total. The Bertz CT molecular complexity index is 206. The van der Waals surface area contributed by atoms with Crippen molar-refractivity contribution in [1.29, 1.82) is 0 Å². The highest BCUT2D eigenvalue weighted by atomic mass is 79.9. The van der Waals surface area contributed by atoms with Crippen LogP contribution < -0.4 is 0 Å². The fourth-order valence-corrected chi connectivity index (χ4v) is 2.15. The molecule has 2 heterocycles. The zero-order chi connectivity index (χ0) is 9.26. The lowest BCUT2D eigenvalue weighted by molar-refractivity contribution is -0.149. The van der Waals surface area contributed by atoms with Crippen LogP contribution in [0.25, 0.3) is 0 Å². The van der Waals surface area contributed by atoms with E-state index in [9.17, 15) is 4.79 Å². The number of hydrazine groups is 1. The summed E-state index contributed by atoms with van der Waals surface area (Å²) >= 11 is 3.36. The van der Waals surface area contributed by atoms with Gasteiger partial charge in [-0.15, -0.1) is 0 Å². The number of amides is 1. The normalized spacial score (nSPS) is 31.3. The van der Waals surface area contributed by atoms with Gasteiger partial charge < -0.3 is 4.74 Å². The van der Waals surface area contributed by atoms with E-state index >= 15 is 0 Å². The third-order valence-corrected chi connectivity index (χ3v) is 3.30. The summed E-state index contributed by atoms with van der Waals surface area (Å²) in [6.07, 6.45) is 0.913. The van der Waals surface area contributed by atoms with E-state index in [1.807, 2.05) is 5.01 Å². The van der Waals surface area contributed by atoms with Crippen LogP contribution in [0.4, 0.5) is 0 Å². The lowest BCUT2D eigenvalue weighted by Crippen LogP contribution is -2.49. The summed E-state index contributed by atoms with van der Waals surface area (Å²) in [7, 11) is 0. The molecule has 0 spiro atoms. The molecule has 0 aliphatic carbocycles. The second-order valence-corrected chi connectivity index (χ2v) is 4.39. The highest BCUT2D eigenvalue weighted by Gasteiger charge is 2.33. The topological polar surface area (TPSA) is 32.8 Å². The summed E-state index contributed by atoms with van der Waals surface area (Å²) in [6.45, 7) is 3.99. The molecule has 2 aliphatic rings. The number of hydrogen-bond donors (Lipinski definition) is 0. The molecular formula is C8H13BrN2O2. The summed E-state index contributed by atoms with van der Waals surface area (Å²) in [6, 6.07) is 0. The van der Waals surface area contributed by atoms with Gasteiger partial charge in [-0.1, -0.05) is 15.9 Å². The molecule has 2 saturated heterocycles. The predicted octanol–water partition coefficient (Wildman–Crippen LogP) is 0.229. The van der Waals surface area contributed by atoms with Gasteiger partial charge >= 0.3 is 0 Å². The molecule has 13 heavy (non-hydrogen) atoms. The minimum absolute atomic E-state index is 0.0235. The predicted molar refractivity (Wildman–Crippen MR) is 51.4 cm³/mol. The van der Waals surface area contributed by atoms with E-state index in [-0.39, 0.29) is 10.7 Å². The summed E-state index contributed by atoms with van der Waals surface area (Å²) in [4.78, 5) is 11.6. The van der Waals surface area contributed by atoms with E-state index in [2.05, 4.69) is 20.9 Å². The van der Waals surface area contributed by atoms with Crippen LogP contribution in [-0.4, -0.2) is 53.6 Å². The Morgan fingerprint density at radius 1 is 1.31 bits per heavy atom. The molecule has 0 aromatic rings. The molecule has 0 aromatic carbocycles. The number of carbonyl (C=O) groups excluding carboxylic acids is 1. The Hall–Kier alpha value is -0.130. The molecule has 0 radical (unpaired) electrons. The Kier molecular flexibility index (Phi) is 2.86. The first-order valence-electron chi connectivity index (χ1n) is 4.57. The first kappa shape index (κ1) is 9.43. The molecule has 1 unspecified atom stereocenters. The van der Waals surface area contributed by atoms with Crippen LogP contribution in [0.3, 0.4) is 0 Å². The van der Waals surface area contributed by atoms with Gasteiger partial charge in [-0.2, -0.15) is 0 Å². The highest BCUT2D eigenvalue weighted by molar-refractivity contribution is 9.10. The standard InChI is InChI=1S/C8H13BrN2O2/c9-7-1-2-11(8(7)12)10-3-5-13-6-4-10/h7H,1-6H2. The maximum Gasteiger partial charge on any atom is 0.250 e. The van der Waals surface area contributed by atoms with E-state index in [0.29, 0.717) is 0 Å². The molecule has 0 saturated carbocycles. The quantitative estimate of drug-likeness (QED) is 0.624. The zero-order valence-corrected chi connectivity index (χ0v) is 8.99. The van der Waals surface area contributed by atoms with Gasteiger partial charge in [0.2, 0.25) is 0 Å². The molecule has 0 bridgehead atoms. The van der Waals surface area contributed by atoms with E-state index in [1.54, 1.807) is 0 Å². The highest BCUT2D eigenvalue weighted by Crippen LogP contribution is 2.20. The van der Waals surface area contributed by atoms with Gasteiger partial charge in [0, 0.05) is 19.6 Å². The van der Waals surface area contributed by atoms with Crippen LogP contribution in [-0.2, 0) is 9.53 Å². The minimum Gasteiger partial charge on any atom is -0.379 e. The summed E-state index contributed by atoms with van der Waals surface area (Å²) in [5.41, 5.74) is 0. The van der Waals surface area contributed by atoms with Gasteiger partial charge in [0.15, 0.2) is 0 Å². The second-order valence-electron chi connectivity index (χ2n) is 3.28. The van der Waals surface area contributed by atoms with Crippen molar-refractivity contribution in [2.75, 3.05) is 32.8 Å². The van der Waals surface area contributed by atoms with Gasteiger partial charge in [0.1, 0.15) is 0 Å². The van der Waals surface area contributed by atoms with Gasteiger partial charge in [-0.3, -0.25) is 9.80 Å². The molecule has 2 rings (SSSR count). The number of nitrogens with zero attached hydrogens (tertiary/aromatic N) is 2. The van der Waals surface area contributed by atoms with Gasteiger partial charge in [0.05, 0.1) is 18.0 Å². The molecule has 2 fully saturated rings. The molecule has 2 aliphatic heterocycles. The maximum atomic E-state index is 11.6. The van der Waals surface area contributed by atoms with Crippen molar-refractivity contribution >= 4 is 21.8 Å². The van der Waals surface area contributed by atoms with E-state index in [4.69, 9.17) is 4.74 Å². The van der Waals surface area contributed by atoms with E-state index < -0.39 is 0 Å². The molecule has 1 amide bonds. The van der Waals surface area contributed by atoms with Crippen LogP contribution in [0.15, 0.2) is 0 Å². The summed E-state index contributed by atoms with van der Waals surface area (Å²) in [5.74, 6) is 0.196. The van der Waals surface area contributed by atoms with Crippen LogP contribution in [0.5, 0.6) is 0 Å². The largest absolute Gasteiger partial charge is 0.379 e. The Morgan fingerprint density at radius 3 is 2.54 bits per heavy atom. The van der Waals surface area contributed by atoms with E-state index in [1.165, 1.54) is 0 Å². The first-order chi connectivity index (χ1) is 6.29. The average molecular weight is 249 g/mol. The number of carbonyl (C=O) groups is 1. The number of morpholine rings is 1. The third kappa shape index (κ3) is 1.87. The van der Waals surface area contributed by atoms with Crippen LogP contribution >= 0.6 is 15.9 Å². The fraction of sp³-hybridized carbons (Fsp3) is 0.875. The molecule has 74 valence electrons. The Morgan fingerprint density at radius 2 is 2.00 bits per heavy atom. The second kappa shape index (κ2) is 3.94. The van der Waals surface area contributed by atoms with Crippen molar-refractivity contribution in [3.8, 4) is 0 Å². The number of rotatable bonds is 1. The maximum absolute atomic E-state index is 11.6. The smallest absolute Gasteiger partial charge is 0.250 e. The number of ether oxygens (including phenoxy) is 1. The SMILES string of the molecule is O=C1C(Br)CCN1N1CCOCC1. The van der Waals surface area contributed by atoms with Crippen molar-refractivity contribution in [3.05, 3.63) is 0 Å². The van der Waals surface area contributed by atoms with Crippen LogP contribution in [0, 0.1) is 0 Å². The van der Waals surface area contributed by atoms with Crippen LogP contribution in [0.1, 0.15) is 6.42 Å². The third-order valence-electron chi connectivity index (χ3n) is 2.45. The van der Waals surface area contributed by atoms with Crippen LogP contribution in [0.2, 0.25) is 0 Å². The van der Waals surface area contributed by atoms with Crippen molar-refractivity contribution in [3.63, 3.8) is 0 Å². The zero-order valence-electron chi connectivity index (χ0n) is 7.41. The van der Waals surface area contributed by atoms with Gasteiger partial charge in [-0.05, 0) is 6.42 Å². The molecule has 0 N–H and O–H groups in total. The van der Waals surface area contributed by atoms with Gasteiger partial charge in [-0.25, -0.2) is 5.01 Å². The molecule has 1 atom stereocenters. The van der Waals surface area contributed by atoms with E-state index in [0.717, 1.165) is 39.3 Å². The monoisotopic (exact) mass is 248 g/mol. The molecule has 0 aromatic heterocycles. The average Bonchev–Trinajstić information content (AvgIpc) is 2.49. The summed E-state index contributed by atoms with van der Waals surface area (Å²) in [5, 5.41) is 3.94. The lowest BCUT2D eigenvalue weighted by Gasteiger charge is -2.34. The number of halogens is 1. The fourth-order valence-electron chi connectivity index (χ4n) is 1.71. The van der Waals surface area contributed by atoms with Crippen molar-refractivity contribution in [2.24, 2.45) is 0 Å².